The SMILES string of the molecule is CN(C)C(Cl)c1c(O)cc(O)cc1O. The van der Waals surface area contributed by atoms with E-state index in [9.17, 15) is 10.2 Å². The predicted octanol–water partition coefficient (Wildman–Crippen LogP) is 1.60. The first-order valence-electron chi connectivity index (χ1n) is 3.99. The Morgan fingerprint density at radius 3 is 1.93 bits per heavy atom. The quantitative estimate of drug-likeness (QED) is 0.520. The van der Waals surface area contributed by atoms with E-state index in [0.717, 1.165) is 12.1 Å². The van der Waals surface area contributed by atoms with Crippen molar-refractivity contribution in [3.8, 4) is 17.2 Å². The molecule has 0 bridgehead atoms. The highest BCUT2D eigenvalue weighted by Gasteiger charge is 2.19. The summed E-state index contributed by atoms with van der Waals surface area (Å²) in [6.07, 6.45) is 0. The maximum atomic E-state index is 9.46. The van der Waals surface area contributed by atoms with Crippen molar-refractivity contribution in [1.82, 2.24) is 4.90 Å². The molecule has 0 amide bonds. The van der Waals surface area contributed by atoms with E-state index in [2.05, 4.69) is 0 Å². The number of phenols is 3. The maximum absolute atomic E-state index is 9.46. The van der Waals surface area contributed by atoms with Crippen LogP contribution >= 0.6 is 11.6 Å². The summed E-state index contributed by atoms with van der Waals surface area (Å²) in [6.45, 7) is 0. The summed E-state index contributed by atoms with van der Waals surface area (Å²) in [5.41, 5.74) is -0.454. The van der Waals surface area contributed by atoms with Gasteiger partial charge in [-0.15, -0.1) is 11.6 Å². The van der Waals surface area contributed by atoms with E-state index in [1.165, 1.54) is 0 Å². The number of phenolic OH excluding ortho intramolecular Hbond substituents is 3. The maximum Gasteiger partial charge on any atom is 0.129 e. The van der Waals surface area contributed by atoms with Gasteiger partial charge in [0.2, 0.25) is 0 Å². The predicted molar refractivity (Wildman–Crippen MR) is 53.7 cm³/mol. The zero-order valence-electron chi connectivity index (χ0n) is 7.90. The molecular weight excluding hydrogens is 206 g/mol. The first-order chi connectivity index (χ1) is 6.43. The largest absolute Gasteiger partial charge is 0.508 e. The normalized spacial score (nSPS) is 13.1. The zero-order chi connectivity index (χ0) is 10.9. The third-order valence-electron chi connectivity index (χ3n) is 1.81. The van der Waals surface area contributed by atoms with Crippen LogP contribution in [0.2, 0.25) is 0 Å². The van der Waals surface area contributed by atoms with E-state index in [1.807, 2.05) is 0 Å². The van der Waals surface area contributed by atoms with Crippen LogP contribution in [0.4, 0.5) is 0 Å². The Morgan fingerprint density at radius 2 is 1.57 bits per heavy atom. The van der Waals surface area contributed by atoms with Gasteiger partial charge in [-0.25, -0.2) is 0 Å². The lowest BCUT2D eigenvalue weighted by Gasteiger charge is -2.19. The van der Waals surface area contributed by atoms with E-state index in [-0.39, 0.29) is 22.8 Å². The van der Waals surface area contributed by atoms with Gasteiger partial charge in [0.25, 0.3) is 0 Å². The Labute approximate surface area is 87.0 Å². The van der Waals surface area contributed by atoms with Crippen LogP contribution in [-0.2, 0) is 0 Å². The van der Waals surface area contributed by atoms with Gasteiger partial charge in [-0.2, -0.15) is 0 Å². The van der Waals surface area contributed by atoms with Crippen molar-refractivity contribution in [1.29, 1.82) is 0 Å². The van der Waals surface area contributed by atoms with E-state index >= 15 is 0 Å². The fourth-order valence-electron chi connectivity index (χ4n) is 1.11. The van der Waals surface area contributed by atoms with Crippen LogP contribution < -0.4 is 0 Å². The molecule has 0 spiro atoms. The number of aromatic hydroxyl groups is 3. The van der Waals surface area contributed by atoms with Crippen molar-refractivity contribution in [3.05, 3.63) is 17.7 Å². The van der Waals surface area contributed by atoms with Crippen LogP contribution in [0.15, 0.2) is 12.1 Å². The molecule has 0 aliphatic heterocycles. The minimum Gasteiger partial charge on any atom is -0.508 e. The molecule has 5 heteroatoms. The third kappa shape index (κ3) is 2.02. The first kappa shape index (κ1) is 10.9. The molecule has 1 aromatic carbocycles. The van der Waals surface area contributed by atoms with Gasteiger partial charge in [0.15, 0.2) is 0 Å². The van der Waals surface area contributed by atoms with Crippen molar-refractivity contribution < 1.29 is 15.3 Å². The molecule has 0 aromatic heterocycles. The molecule has 0 heterocycles. The highest BCUT2D eigenvalue weighted by atomic mass is 35.5. The summed E-state index contributed by atoms with van der Waals surface area (Å²) in [6, 6.07) is 2.27. The first-order valence-corrected chi connectivity index (χ1v) is 4.42. The van der Waals surface area contributed by atoms with Gasteiger partial charge in [0.05, 0.1) is 5.56 Å². The van der Waals surface area contributed by atoms with E-state index in [1.54, 1.807) is 19.0 Å². The summed E-state index contributed by atoms with van der Waals surface area (Å²) in [5.74, 6) is -0.654. The molecule has 4 nitrogen and oxygen atoms in total. The molecule has 0 saturated heterocycles. The van der Waals surface area contributed by atoms with Gasteiger partial charge >= 0.3 is 0 Å². The van der Waals surface area contributed by atoms with Gasteiger partial charge < -0.3 is 15.3 Å². The van der Waals surface area contributed by atoms with Crippen LogP contribution in [0.25, 0.3) is 0 Å². The summed E-state index contributed by atoms with van der Waals surface area (Å²) in [7, 11) is 3.42. The number of hydrogen-bond donors (Lipinski definition) is 3. The number of alkyl halides is 1. The Balaban J connectivity index is 3.20. The Hall–Kier alpha value is -1.13. The minimum absolute atomic E-state index is 0.189. The topological polar surface area (TPSA) is 63.9 Å². The molecule has 0 fully saturated rings. The number of benzene rings is 1. The zero-order valence-corrected chi connectivity index (χ0v) is 8.65. The molecule has 1 aromatic rings. The Kier molecular flexibility index (Phi) is 3.08. The summed E-state index contributed by atoms with van der Waals surface area (Å²) in [4.78, 5) is 1.62. The van der Waals surface area contributed by atoms with Crippen molar-refractivity contribution in [3.63, 3.8) is 0 Å². The molecule has 1 rings (SSSR count). The molecular formula is C9H12ClNO3. The average molecular weight is 218 g/mol. The van der Waals surface area contributed by atoms with Crippen molar-refractivity contribution in [2.45, 2.75) is 5.50 Å². The molecule has 14 heavy (non-hydrogen) atoms. The lowest BCUT2D eigenvalue weighted by Crippen LogP contribution is -2.14. The molecule has 3 N–H and O–H groups in total. The van der Waals surface area contributed by atoms with E-state index < -0.39 is 5.50 Å². The van der Waals surface area contributed by atoms with Gasteiger partial charge in [-0.3, -0.25) is 4.90 Å². The van der Waals surface area contributed by atoms with Crippen LogP contribution in [0, 0.1) is 0 Å². The monoisotopic (exact) mass is 217 g/mol. The smallest absolute Gasteiger partial charge is 0.129 e. The number of rotatable bonds is 2. The van der Waals surface area contributed by atoms with Crippen molar-refractivity contribution in [2.24, 2.45) is 0 Å². The highest BCUT2D eigenvalue weighted by Crippen LogP contribution is 2.39. The third-order valence-corrected chi connectivity index (χ3v) is 2.42. The standard InChI is InChI=1S/C9H12ClNO3/c1-11(2)9(10)8-6(13)3-5(12)4-7(8)14/h3-4,9,12-14H,1-2H3. The molecule has 78 valence electrons. The van der Waals surface area contributed by atoms with E-state index in [4.69, 9.17) is 16.7 Å². The second-order valence-corrected chi connectivity index (χ2v) is 3.61. The second kappa shape index (κ2) is 3.94. The highest BCUT2D eigenvalue weighted by molar-refractivity contribution is 6.20. The van der Waals surface area contributed by atoms with Crippen molar-refractivity contribution >= 4 is 11.6 Å². The van der Waals surface area contributed by atoms with Gasteiger partial charge in [-0.1, -0.05) is 0 Å². The summed E-state index contributed by atoms with van der Waals surface area (Å²) >= 11 is 5.93. The average Bonchev–Trinajstić information content (AvgIpc) is 2.01. The molecule has 0 saturated carbocycles. The molecule has 0 aliphatic carbocycles. The minimum atomic E-state index is -0.643. The second-order valence-electron chi connectivity index (χ2n) is 3.20. The van der Waals surface area contributed by atoms with Crippen LogP contribution in [-0.4, -0.2) is 34.3 Å². The fourth-order valence-corrected chi connectivity index (χ4v) is 1.33. The summed E-state index contributed by atoms with van der Waals surface area (Å²) in [5, 5.41) is 28.0. The van der Waals surface area contributed by atoms with Gasteiger partial charge in [0, 0.05) is 12.1 Å². The van der Waals surface area contributed by atoms with E-state index in [0.29, 0.717) is 0 Å². The molecule has 1 unspecified atom stereocenters. The number of halogens is 1. The summed E-state index contributed by atoms with van der Waals surface area (Å²) < 4.78 is 0. The lowest BCUT2D eigenvalue weighted by molar-refractivity contribution is 0.352. The van der Waals surface area contributed by atoms with Crippen LogP contribution in [0.1, 0.15) is 11.1 Å². The Morgan fingerprint density at radius 1 is 1.14 bits per heavy atom. The molecule has 0 radical (unpaired) electrons. The lowest BCUT2D eigenvalue weighted by atomic mass is 10.1. The number of hydrogen-bond acceptors (Lipinski definition) is 4. The van der Waals surface area contributed by atoms with Crippen LogP contribution in [0.5, 0.6) is 17.2 Å². The van der Waals surface area contributed by atoms with Crippen LogP contribution in [0.3, 0.4) is 0 Å². The van der Waals surface area contributed by atoms with Gasteiger partial charge in [-0.05, 0) is 14.1 Å². The Bertz CT molecular complexity index is 318. The molecule has 1 atom stereocenters. The van der Waals surface area contributed by atoms with Gasteiger partial charge in [0.1, 0.15) is 22.7 Å². The number of nitrogens with zero attached hydrogens (tertiary/aromatic N) is 1. The van der Waals surface area contributed by atoms with Crippen molar-refractivity contribution in [2.75, 3.05) is 14.1 Å². The molecule has 0 aliphatic rings. The fraction of sp³-hybridized carbons (Fsp3) is 0.333.